The SMILES string of the molecule is COc1ccc([C@@H]2C(C(C)=O)=C(O)C(=O)N2CCN2CCOCC2)cc1. The van der Waals surface area contributed by atoms with Crippen molar-refractivity contribution in [2.24, 2.45) is 0 Å². The Kier molecular flexibility index (Phi) is 5.58. The van der Waals surface area contributed by atoms with Gasteiger partial charge in [-0.05, 0) is 24.6 Å². The number of carbonyl (C=O) groups is 2. The van der Waals surface area contributed by atoms with Crippen LogP contribution in [0.2, 0.25) is 0 Å². The van der Waals surface area contributed by atoms with E-state index in [1.54, 1.807) is 24.1 Å². The quantitative estimate of drug-likeness (QED) is 0.824. The Morgan fingerprint density at radius 2 is 1.88 bits per heavy atom. The summed E-state index contributed by atoms with van der Waals surface area (Å²) in [5, 5.41) is 10.3. The second kappa shape index (κ2) is 7.88. The fraction of sp³-hybridized carbons (Fsp3) is 0.474. The van der Waals surface area contributed by atoms with E-state index in [4.69, 9.17) is 9.47 Å². The number of nitrogens with zero attached hydrogens (tertiary/aromatic N) is 2. The predicted octanol–water partition coefficient (Wildman–Crippen LogP) is 1.31. The van der Waals surface area contributed by atoms with Crippen molar-refractivity contribution in [3.63, 3.8) is 0 Å². The maximum atomic E-state index is 12.6. The highest BCUT2D eigenvalue weighted by Gasteiger charge is 2.42. The number of hydrogen-bond donors (Lipinski definition) is 1. The van der Waals surface area contributed by atoms with E-state index < -0.39 is 17.7 Å². The van der Waals surface area contributed by atoms with Crippen LogP contribution in [0.1, 0.15) is 18.5 Å². The summed E-state index contributed by atoms with van der Waals surface area (Å²) in [7, 11) is 1.58. The highest BCUT2D eigenvalue weighted by atomic mass is 16.5. The molecule has 1 N–H and O–H groups in total. The van der Waals surface area contributed by atoms with Gasteiger partial charge in [-0.2, -0.15) is 0 Å². The second-order valence-corrected chi connectivity index (χ2v) is 6.45. The average Bonchev–Trinajstić information content (AvgIpc) is 2.92. The minimum Gasteiger partial charge on any atom is -0.503 e. The maximum absolute atomic E-state index is 12.6. The molecule has 2 aliphatic heterocycles. The Morgan fingerprint density at radius 3 is 2.46 bits per heavy atom. The molecule has 0 aliphatic carbocycles. The number of morpholine rings is 1. The van der Waals surface area contributed by atoms with Gasteiger partial charge in [-0.3, -0.25) is 14.5 Å². The molecular formula is C19H24N2O5. The van der Waals surface area contributed by atoms with Crippen LogP contribution < -0.4 is 4.74 Å². The number of aliphatic hydroxyl groups is 1. The van der Waals surface area contributed by atoms with Gasteiger partial charge in [-0.25, -0.2) is 0 Å². The van der Waals surface area contributed by atoms with Crippen LogP contribution in [0, 0.1) is 0 Å². The first-order valence-electron chi connectivity index (χ1n) is 8.72. The van der Waals surface area contributed by atoms with Crippen LogP contribution in [-0.4, -0.2) is 73.1 Å². The summed E-state index contributed by atoms with van der Waals surface area (Å²) in [5.41, 5.74) is 0.928. The van der Waals surface area contributed by atoms with E-state index in [2.05, 4.69) is 4.90 Å². The van der Waals surface area contributed by atoms with Gasteiger partial charge in [0.2, 0.25) is 0 Å². The molecule has 1 saturated heterocycles. The lowest BCUT2D eigenvalue weighted by atomic mass is 9.96. The van der Waals surface area contributed by atoms with Crippen molar-refractivity contribution in [2.45, 2.75) is 13.0 Å². The first kappa shape index (κ1) is 18.4. The third-order valence-electron chi connectivity index (χ3n) is 4.88. The van der Waals surface area contributed by atoms with Crippen LogP contribution in [0.3, 0.4) is 0 Å². The van der Waals surface area contributed by atoms with E-state index in [1.165, 1.54) is 6.92 Å². The van der Waals surface area contributed by atoms with Crippen molar-refractivity contribution in [1.82, 2.24) is 9.80 Å². The molecule has 7 heteroatoms. The van der Waals surface area contributed by atoms with Crippen LogP contribution >= 0.6 is 0 Å². The van der Waals surface area contributed by atoms with Gasteiger partial charge in [0.15, 0.2) is 11.5 Å². The Hall–Kier alpha value is -2.38. The molecule has 1 amide bonds. The Balaban J connectivity index is 1.85. The lowest BCUT2D eigenvalue weighted by Crippen LogP contribution is -2.43. The van der Waals surface area contributed by atoms with Crippen molar-refractivity contribution in [1.29, 1.82) is 0 Å². The van der Waals surface area contributed by atoms with Crippen LogP contribution in [0.5, 0.6) is 5.75 Å². The van der Waals surface area contributed by atoms with Crippen LogP contribution in [0.4, 0.5) is 0 Å². The molecule has 2 aliphatic rings. The molecule has 0 saturated carbocycles. The van der Waals surface area contributed by atoms with Gasteiger partial charge in [0, 0.05) is 26.2 Å². The number of benzene rings is 1. The van der Waals surface area contributed by atoms with Gasteiger partial charge in [-0.1, -0.05) is 12.1 Å². The number of ketones is 1. The molecule has 1 aromatic rings. The summed E-state index contributed by atoms with van der Waals surface area (Å²) < 4.78 is 10.5. The average molecular weight is 360 g/mol. The van der Waals surface area contributed by atoms with Crippen molar-refractivity contribution in [3.8, 4) is 5.75 Å². The summed E-state index contributed by atoms with van der Waals surface area (Å²) >= 11 is 0. The fourth-order valence-corrected chi connectivity index (χ4v) is 3.45. The molecule has 1 fully saturated rings. The van der Waals surface area contributed by atoms with Crippen LogP contribution in [0.25, 0.3) is 0 Å². The number of hydrogen-bond acceptors (Lipinski definition) is 6. The number of rotatable bonds is 6. The molecule has 0 aromatic heterocycles. The Labute approximate surface area is 152 Å². The third-order valence-corrected chi connectivity index (χ3v) is 4.88. The predicted molar refractivity (Wildman–Crippen MR) is 95.0 cm³/mol. The van der Waals surface area contributed by atoms with E-state index >= 15 is 0 Å². The molecule has 2 heterocycles. The van der Waals surface area contributed by atoms with Gasteiger partial charge in [0.25, 0.3) is 5.91 Å². The fourth-order valence-electron chi connectivity index (χ4n) is 3.45. The summed E-state index contributed by atoms with van der Waals surface area (Å²) in [6.45, 7) is 5.45. The number of ether oxygens (including phenoxy) is 2. The molecule has 1 aromatic carbocycles. The number of methoxy groups -OCH3 is 1. The number of Topliss-reactive ketones (excluding diaryl/α,β-unsaturated/α-hetero) is 1. The zero-order valence-corrected chi connectivity index (χ0v) is 15.1. The van der Waals surface area contributed by atoms with E-state index in [0.29, 0.717) is 32.1 Å². The smallest absolute Gasteiger partial charge is 0.290 e. The number of aliphatic hydroxyl groups excluding tert-OH is 1. The largest absolute Gasteiger partial charge is 0.503 e. The van der Waals surface area contributed by atoms with Gasteiger partial charge in [-0.15, -0.1) is 0 Å². The molecule has 140 valence electrons. The molecule has 0 unspecified atom stereocenters. The van der Waals surface area contributed by atoms with Crippen LogP contribution in [-0.2, 0) is 14.3 Å². The lowest BCUT2D eigenvalue weighted by Gasteiger charge is -2.31. The molecule has 26 heavy (non-hydrogen) atoms. The van der Waals surface area contributed by atoms with Crippen LogP contribution in [0.15, 0.2) is 35.6 Å². The zero-order chi connectivity index (χ0) is 18.7. The topological polar surface area (TPSA) is 79.3 Å². The summed E-state index contributed by atoms with van der Waals surface area (Å²) in [6, 6.07) is 6.63. The third kappa shape index (κ3) is 3.59. The summed E-state index contributed by atoms with van der Waals surface area (Å²) in [5.74, 6) is -0.550. The van der Waals surface area contributed by atoms with E-state index in [1.807, 2.05) is 12.1 Å². The van der Waals surface area contributed by atoms with E-state index in [-0.39, 0.29) is 11.4 Å². The lowest BCUT2D eigenvalue weighted by molar-refractivity contribution is -0.129. The van der Waals surface area contributed by atoms with Crippen molar-refractivity contribution in [3.05, 3.63) is 41.2 Å². The van der Waals surface area contributed by atoms with Gasteiger partial charge in [0.05, 0.1) is 31.9 Å². The van der Waals surface area contributed by atoms with Gasteiger partial charge >= 0.3 is 0 Å². The Bertz CT molecular complexity index is 707. The minimum absolute atomic E-state index is 0.155. The highest BCUT2D eigenvalue weighted by molar-refractivity contribution is 6.08. The molecule has 3 rings (SSSR count). The summed E-state index contributed by atoms with van der Waals surface area (Å²) in [4.78, 5) is 28.5. The summed E-state index contributed by atoms with van der Waals surface area (Å²) in [6.07, 6.45) is 0. The van der Waals surface area contributed by atoms with E-state index in [9.17, 15) is 14.7 Å². The molecular weight excluding hydrogens is 336 g/mol. The monoisotopic (exact) mass is 360 g/mol. The molecule has 0 radical (unpaired) electrons. The number of amides is 1. The van der Waals surface area contributed by atoms with Crippen molar-refractivity contribution in [2.75, 3.05) is 46.5 Å². The highest BCUT2D eigenvalue weighted by Crippen LogP contribution is 2.37. The molecule has 0 bridgehead atoms. The zero-order valence-electron chi connectivity index (χ0n) is 15.1. The van der Waals surface area contributed by atoms with E-state index in [0.717, 1.165) is 18.7 Å². The second-order valence-electron chi connectivity index (χ2n) is 6.45. The number of carbonyl (C=O) groups excluding carboxylic acids is 2. The van der Waals surface area contributed by atoms with Crippen molar-refractivity contribution < 1.29 is 24.2 Å². The molecule has 7 nitrogen and oxygen atoms in total. The van der Waals surface area contributed by atoms with Gasteiger partial charge < -0.3 is 19.5 Å². The minimum atomic E-state index is -0.577. The molecule has 0 spiro atoms. The Morgan fingerprint density at radius 1 is 1.23 bits per heavy atom. The normalized spacial score (nSPS) is 21.4. The van der Waals surface area contributed by atoms with Gasteiger partial charge in [0.1, 0.15) is 5.75 Å². The molecule has 1 atom stereocenters. The van der Waals surface area contributed by atoms with Crippen molar-refractivity contribution >= 4 is 11.7 Å². The first-order chi connectivity index (χ1) is 12.5. The first-order valence-corrected chi connectivity index (χ1v) is 8.72. The maximum Gasteiger partial charge on any atom is 0.290 e. The standard InChI is InChI=1S/C19H24N2O5/c1-13(22)16-17(14-3-5-15(25-2)6-4-14)21(19(24)18(16)23)8-7-20-9-11-26-12-10-20/h3-6,17,23H,7-12H2,1-2H3/t17-/m1/s1.